The van der Waals surface area contributed by atoms with E-state index in [4.69, 9.17) is 0 Å². The van der Waals surface area contributed by atoms with Crippen molar-refractivity contribution in [1.82, 2.24) is 5.32 Å². The molecule has 1 saturated carbocycles. The van der Waals surface area contributed by atoms with Crippen LogP contribution in [-0.4, -0.2) is 13.1 Å². The molecule has 1 fully saturated rings. The van der Waals surface area contributed by atoms with Crippen LogP contribution in [0.5, 0.6) is 0 Å². The summed E-state index contributed by atoms with van der Waals surface area (Å²) in [6.07, 6.45) is 8.29. The van der Waals surface area contributed by atoms with Gasteiger partial charge in [0.2, 0.25) is 0 Å². The summed E-state index contributed by atoms with van der Waals surface area (Å²) in [6, 6.07) is 5.21. The van der Waals surface area contributed by atoms with Crippen molar-refractivity contribution in [3.05, 3.63) is 22.4 Å². The molecule has 1 aliphatic rings. The molecule has 0 aliphatic heterocycles. The normalized spacial score (nSPS) is 29.4. The predicted molar refractivity (Wildman–Crippen MR) is 76.6 cm³/mol. The second-order valence-corrected chi connectivity index (χ2v) is 6.44. The van der Waals surface area contributed by atoms with E-state index in [-0.39, 0.29) is 0 Å². The molecule has 1 aromatic rings. The summed E-state index contributed by atoms with van der Waals surface area (Å²) in [6.45, 7) is 2.32. The van der Waals surface area contributed by atoms with Crippen LogP contribution in [0.15, 0.2) is 17.5 Å². The van der Waals surface area contributed by atoms with Crippen LogP contribution in [-0.2, 0) is 6.42 Å². The highest BCUT2D eigenvalue weighted by molar-refractivity contribution is 7.09. The van der Waals surface area contributed by atoms with Gasteiger partial charge in [0.05, 0.1) is 0 Å². The van der Waals surface area contributed by atoms with Crippen LogP contribution in [0.2, 0.25) is 0 Å². The van der Waals surface area contributed by atoms with Gasteiger partial charge in [-0.15, -0.1) is 11.3 Å². The minimum absolute atomic E-state index is 0.741. The molecule has 2 rings (SSSR count). The van der Waals surface area contributed by atoms with Gasteiger partial charge in [0.25, 0.3) is 0 Å². The fourth-order valence-corrected chi connectivity index (χ4v) is 4.12. The monoisotopic (exact) mass is 251 g/mol. The molecule has 96 valence electrons. The van der Waals surface area contributed by atoms with Crippen molar-refractivity contribution in [1.29, 1.82) is 0 Å². The minimum atomic E-state index is 0.741. The third-order valence-electron chi connectivity index (χ3n) is 4.20. The van der Waals surface area contributed by atoms with Crippen molar-refractivity contribution in [3.8, 4) is 0 Å². The van der Waals surface area contributed by atoms with E-state index in [1.807, 2.05) is 11.3 Å². The summed E-state index contributed by atoms with van der Waals surface area (Å²) in [5.74, 6) is 1.83. The van der Waals surface area contributed by atoms with E-state index in [9.17, 15) is 0 Å². The maximum absolute atomic E-state index is 3.53. The molecule has 1 nitrogen and oxygen atoms in total. The van der Waals surface area contributed by atoms with E-state index >= 15 is 0 Å². The average Bonchev–Trinajstić information content (AvgIpc) is 2.83. The highest BCUT2D eigenvalue weighted by Crippen LogP contribution is 2.34. The molecule has 0 bridgehead atoms. The van der Waals surface area contributed by atoms with Gasteiger partial charge < -0.3 is 5.32 Å². The molecule has 1 N–H and O–H groups in total. The Labute approximate surface area is 110 Å². The van der Waals surface area contributed by atoms with E-state index in [1.165, 1.54) is 38.5 Å². The molecule has 1 aliphatic carbocycles. The van der Waals surface area contributed by atoms with Gasteiger partial charge in [-0.3, -0.25) is 0 Å². The molecular formula is C15H25NS. The Hall–Kier alpha value is -0.340. The molecule has 0 amide bonds. The van der Waals surface area contributed by atoms with Crippen LogP contribution in [0.4, 0.5) is 0 Å². The maximum Gasteiger partial charge on any atom is 0.00959 e. The lowest BCUT2D eigenvalue weighted by molar-refractivity contribution is 0.201. The highest BCUT2D eigenvalue weighted by Gasteiger charge is 2.29. The highest BCUT2D eigenvalue weighted by atomic mass is 32.1. The lowest BCUT2D eigenvalue weighted by Crippen LogP contribution is -2.39. The van der Waals surface area contributed by atoms with Gasteiger partial charge in [-0.1, -0.05) is 25.8 Å². The number of thiophene rings is 1. The molecule has 17 heavy (non-hydrogen) atoms. The van der Waals surface area contributed by atoms with Gasteiger partial charge in [0, 0.05) is 10.9 Å². The Morgan fingerprint density at radius 2 is 2.29 bits per heavy atom. The van der Waals surface area contributed by atoms with Crippen LogP contribution in [0, 0.1) is 11.8 Å². The van der Waals surface area contributed by atoms with E-state index < -0.39 is 0 Å². The van der Waals surface area contributed by atoms with Gasteiger partial charge >= 0.3 is 0 Å². The van der Waals surface area contributed by atoms with E-state index in [2.05, 4.69) is 36.8 Å². The lowest BCUT2D eigenvalue weighted by Gasteiger charge is -2.36. The van der Waals surface area contributed by atoms with Crippen molar-refractivity contribution < 1.29 is 0 Å². The molecule has 0 radical (unpaired) electrons. The number of rotatable bonds is 5. The maximum atomic E-state index is 3.53. The molecule has 3 unspecified atom stereocenters. The fourth-order valence-electron chi connectivity index (χ4n) is 3.32. The summed E-state index contributed by atoms with van der Waals surface area (Å²) in [7, 11) is 2.13. The van der Waals surface area contributed by atoms with E-state index in [1.54, 1.807) is 4.88 Å². The van der Waals surface area contributed by atoms with Crippen LogP contribution >= 0.6 is 11.3 Å². The quantitative estimate of drug-likeness (QED) is 0.831. The number of nitrogens with one attached hydrogen (secondary N) is 1. The number of hydrogen-bond donors (Lipinski definition) is 1. The molecule has 0 saturated heterocycles. The molecule has 3 atom stereocenters. The third kappa shape index (κ3) is 3.56. The summed E-state index contributed by atoms with van der Waals surface area (Å²) < 4.78 is 0. The fraction of sp³-hybridized carbons (Fsp3) is 0.733. The Morgan fingerprint density at radius 1 is 1.41 bits per heavy atom. The zero-order valence-corrected chi connectivity index (χ0v) is 11.9. The summed E-state index contributed by atoms with van der Waals surface area (Å²) in [4.78, 5) is 1.56. The Balaban J connectivity index is 1.94. The Bertz CT molecular complexity index is 307. The Morgan fingerprint density at radius 3 is 2.94 bits per heavy atom. The first-order chi connectivity index (χ1) is 8.33. The summed E-state index contributed by atoms with van der Waals surface area (Å²) >= 11 is 1.92. The van der Waals surface area contributed by atoms with Crippen LogP contribution in [0.25, 0.3) is 0 Å². The van der Waals surface area contributed by atoms with Crippen molar-refractivity contribution in [2.24, 2.45) is 11.8 Å². The lowest BCUT2D eigenvalue weighted by atomic mass is 9.75. The summed E-state index contributed by atoms with van der Waals surface area (Å²) in [5.41, 5.74) is 0. The molecule has 0 spiro atoms. The zero-order chi connectivity index (χ0) is 12.1. The first-order valence-corrected chi connectivity index (χ1v) is 7.91. The van der Waals surface area contributed by atoms with Gasteiger partial charge in [0.1, 0.15) is 0 Å². The Kier molecular flexibility index (Phi) is 5.05. The van der Waals surface area contributed by atoms with Crippen molar-refractivity contribution in [2.45, 2.75) is 51.5 Å². The van der Waals surface area contributed by atoms with Gasteiger partial charge in [0.15, 0.2) is 0 Å². The second-order valence-electron chi connectivity index (χ2n) is 5.41. The second kappa shape index (κ2) is 6.55. The number of hydrogen-bond acceptors (Lipinski definition) is 2. The van der Waals surface area contributed by atoms with Crippen molar-refractivity contribution in [2.75, 3.05) is 7.05 Å². The predicted octanol–water partition coefficient (Wildman–Crippen LogP) is 4.10. The molecule has 0 aromatic carbocycles. The minimum Gasteiger partial charge on any atom is -0.317 e. The van der Waals surface area contributed by atoms with Crippen LogP contribution in [0.3, 0.4) is 0 Å². The first kappa shape index (κ1) is 13.1. The van der Waals surface area contributed by atoms with E-state index in [0.29, 0.717) is 0 Å². The average molecular weight is 251 g/mol. The zero-order valence-electron chi connectivity index (χ0n) is 11.1. The third-order valence-corrected chi connectivity index (χ3v) is 5.10. The topological polar surface area (TPSA) is 12.0 Å². The smallest absolute Gasteiger partial charge is 0.00959 e. The molecule has 1 heterocycles. The van der Waals surface area contributed by atoms with Gasteiger partial charge in [-0.05, 0) is 56.0 Å². The SMILES string of the molecule is CCCC1CCC(NC)C(Cc2cccs2)C1. The van der Waals surface area contributed by atoms with Crippen molar-refractivity contribution in [3.63, 3.8) is 0 Å². The molecular weight excluding hydrogens is 226 g/mol. The molecule has 2 heteroatoms. The van der Waals surface area contributed by atoms with E-state index in [0.717, 1.165) is 17.9 Å². The summed E-state index contributed by atoms with van der Waals surface area (Å²) in [5, 5.41) is 5.74. The van der Waals surface area contributed by atoms with Gasteiger partial charge in [-0.25, -0.2) is 0 Å². The molecule has 1 aromatic heterocycles. The van der Waals surface area contributed by atoms with Crippen LogP contribution in [0.1, 0.15) is 43.9 Å². The van der Waals surface area contributed by atoms with Crippen LogP contribution < -0.4 is 5.32 Å². The van der Waals surface area contributed by atoms with Crippen molar-refractivity contribution >= 4 is 11.3 Å². The van der Waals surface area contributed by atoms with Gasteiger partial charge in [-0.2, -0.15) is 0 Å². The standard InChI is InChI=1S/C15H25NS/c1-3-5-12-7-8-15(16-2)13(10-12)11-14-6-4-9-17-14/h4,6,9,12-13,15-16H,3,5,7-8,10-11H2,1-2H3. The first-order valence-electron chi connectivity index (χ1n) is 7.03. The largest absolute Gasteiger partial charge is 0.317 e.